The maximum absolute atomic E-state index is 6.07. The van der Waals surface area contributed by atoms with E-state index in [4.69, 9.17) is 4.74 Å². The van der Waals surface area contributed by atoms with Crippen LogP contribution in [0.25, 0.3) is 0 Å². The van der Waals surface area contributed by atoms with Crippen LogP contribution in [-0.4, -0.2) is 16.1 Å². The Morgan fingerprint density at radius 2 is 1.92 bits per heavy atom. The Balaban J connectivity index is 2.50. The molecular formula is C11H21IO. The Morgan fingerprint density at radius 3 is 2.31 bits per heavy atom. The molecule has 0 aromatic rings. The molecule has 2 heteroatoms. The maximum Gasteiger partial charge on any atom is 0.0775 e. The quantitative estimate of drug-likeness (QED) is 0.568. The van der Waals surface area contributed by atoms with Crippen molar-refractivity contribution in [3.8, 4) is 0 Å². The van der Waals surface area contributed by atoms with E-state index in [0.29, 0.717) is 6.10 Å². The van der Waals surface area contributed by atoms with E-state index < -0.39 is 0 Å². The smallest absolute Gasteiger partial charge is 0.0775 e. The number of hydrogen-bond acceptors (Lipinski definition) is 1. The molecular weight excluding hydrogens is 275 g/mol. The molecule has 1 aliphatic rings. The number of rotatable bonds is 3. The van der Waals surface area contributed by atoms with Crippen LogP contribution < -0.4 is 0 Å². The summed E-state index contributed by atoms with van der Waals surface area (Å²) in [6.45, 7) is 6.64. The minimum absolute atomic E-state index is 0.210. The molecule has 0 radical (unpaired) electrons. The van der Waals surface area contributed by atoms with Gasteiger partial charge in [-0.2, -0.15) is 0 Å². The van der Waals surface area contributed by atoms with E-state index in [1.165, 1.54) is 25.7 Å². The van der Waals surface area contributed by atoms with Crippen LogP contribution in [0.5, 0.6) is 0 Å². The molecule has 1 fully saturated rings. The summed E-state index contributed by atoms with van der Waals surface area (Å²) in [5.74, 6) is 0.909. The van der Waals surface area contributed by atoms with Crippen molar-refractivity contribution in [2.45, 2.75) is 58.2 Å². The van der Waals surface area contributed by atoms with Gasteiger partial charge < -0.3 is 4.74 Å². The number of ether oxygens (including phenoxy) is 1. The highest BCUT2D eigenvalue weighted by Gasteiger charge is 2.34. The first-order chi connectivity index (χ1) is 6.08. The van der Waals surface area contributed by atoms with Gasteiger partial charge in [0.25, 0.3) is 0 Å². The second-order valence-electron chi connectivity index (χ2n) is 4.67. The Hall–Kier alpha value is 0.690. The van der Waals surface area contributed by atoms with Gasteiger partial charge in [0, 0.05) is 4.43 Å². The average molecular weight is 296 g/mol. The molecule has 0 saturated heterocycles. The second-order valence-corrected chi connectivity index (χ2v) is 5.43. The molecule has 1 aliphatic carbocycles. The molecule has 0 unspecified atom stereocenters. The lowest BCUT2D eigenvalue weighted by molar-refractivity contribution is -0.0887. The van der Waals surface area contributed by atoms with Crippen molar-refractivity contribution < 1.29 is 4.74 Å². The van der Waals surface area contributed by atoms with E-state index in [2.05, 4.69) is 43.4 Å². The lowest BCUT2D eigenvalue weighted by Gasteiger charge is -2.39. The van der Waals surface area contributed by atoms with Crippen LogP contribution >= 0.6 is 22.6 Å². The third-order valence-electron chi connectivity index (χ3n) is 2.91. The molecule has 0 atom stereocenters. The molecule has 0 heterocycles. The van der Waals surface area contributed by atoms with Crippen molar-refractivity contribution in [3.63, 3.8) is 0 Å². The van der Waals surface area contributed by atoms with Crippen LogP contribution in [0.2, 0.25) is 0 Å². The Labute approximate surface area is 95.8 Å². The fourth-order valence-electron chi connectivity index (χ4n) is 2.07. The largest absolute Gasteiger partial charge is 0.372 e. The Morgan fingerprint density at radius 1 is 1.38 bits per heavy atom. The molecule has 0 bridgehead atoms. The number of halogens is 1. The van der Waals surface area contributed by atoms with Crippen LogP contribution in [0.3, 0.4) is 0 Å². The summed E-state index contributed by atoms with van der Waals surface area (Å²) < 4.78 is 7.22. The van der Waals surface area contributed by atoms with E-state index in [1.807, 2.05) is 0 Å². The highest BCUT2D eigenvalue weighted by atomic mass is 127. The zero-order valence-electron chi connectivity index (χ0n) is 8.98. The zero-order valence-corrected chi connectivity index (χ0v) is 11.1. The molecule has 0 aromatic heterocycles. The lowest BCUT2D eigenvalue weighted by Crippen LogP contribution is -2.40. The molecule has 13 heavy (non-hydrogen) atoms. The summed E-state index contributed by atoms with van der Waals surface area (Å²) in [6.07, 6.45) is 5.58. The average Bonchev–Trinajstić information content (AvgIpc) is 2.09. The van der Waals surface area contributed by atoms with Crippen molar-refractivity contribution in [1.82, 2.24) is 0 Å². The summed E-state index contributed by atoms with van der Waals surface area (Å²) in [5, 5.41) is 0. The van der Waals surface area contributed by atoms with Gasteiger partial charge >= 0.3 is 0 Å². The van der Waals surface area contributed by atoms with Gasteiger partial charge in [-0.05, 0) is 45.4 Å². The monoisotopic (exact) mass is 296 g/mol. The minimum atomic E-state index is 0.210. The van der Waals surface area contributed by atoms with Crippen LogP contribution in [0.15, 0.2) is 0 Å². The molecule has 1 rings (SSSR count). The predicted molar refractivity (Wildman–Crippen MR) is 65.5 cm³/mol. The van der Waals surface area contributed by atoms with Gasteiger partial charge in [0.2, 0.25) is 0 Å². The van der Waals surface area contributed by atoms with Crippen LogP contribution in [-0.2, 0) is 4.74 Å². The van der Waals surface area contributed by atoms with E-state index in [9.17, 15) is 0 Å². The van der Waals surface area contributed by atoms with Crippen LogP contribution in [0, 0.1) is 5.92 Å². The Kier molecular flexibility index (Phi) is 4.49. The predicted octanol–water partition coefficient (Wildman–Crippen LogP) is 3.80. The SMILES string of the molecule is CC1CCC(CI)(OC(C)C)CC1. The standard InChI is InChI=1S/C11H21IO/c1-9(2)13-11(8-12)6-4-10(3)5-7-11/h9-10H,4-8H2,1-3H3. The molecule has 0 N–H and O–H groups in total. The first-order valence-corrected chi connectivity index (χ1v) is 6.84. The summed E-state index contributed by atoms with van der Waals surface area (Å²) >= 11 is 2.47. The van der Waals surface area contributed by atoms with Crippen LogP contribution in [0.1, 0.15) is 46.5 Å². The zero-order chi connectivity index (χ0) is 9.90. The summed E-state index contributed by atoms with van der Waals surface area (Å²) in [7, 11) is 0. The van der Waals surface area contributed by atoms with Gasteiger partial charge in [0.05, 0.1) is 11.7 Å². The normalized spacial score (nSPS) is 35.3. The third-order valence-corrected chi connectivity index (χ3v) is 4.30. The number of alkyl halides is 1. The van der Waals surface area contributed by atoms with E-state index >= 15 is 0 Å². The van der Waals surface area contributed by atoms with E-state index in [0.717, 1.165) is 10.3 Å². The fraction of sp³-hybridized carbons (Fsp3) is 1.00. The molecule has 0 aliphatic heterocycles. The molecule has 78 valence electrons. The highest BCUT2D eigenvalue weighted by Crippen LogP contribution is 2.36. The minimum Gasteiger partial charge on any atom is -0.372 e. The van der Waals surface area contributed by atoms with Gasteiger partial charge in [0.1, 0.15) is 0 Å². The molecule has 0 amide bonds. The summed E-state index contributed by atoms with van der Waals surface area (Å²) in [4.78, 5) is 0. The third kappa shape index (κ3) is 3.39. The van der Waals surface area contributed by atoms with Crippen molar-refractivity contribution >= 4 is 22.6 Å². The topological polar surface area (TPSA) is 9.23 Å². The highest BCUT2D eigenvalue weighted by molar-refractivity contribution is 14.1. The molecule has 0 aromatic carbocycles. The number of hydrogen-bond donors (Lipinski definition) is 0. The maximum atomic E-state index is 6.07. The van der Waals surface area contributed by atoms with Crippen molar-refractivity contribution in [3.05, 3.63) is 0 Å². The van der Waals surface area contributed by atoms with E-state index in [-0.39, 0.29) is 5.60 Å². The van der Waals surface area contributed by atoms with Gasteiger partial charge in [-0.15, -0.1) is 0 Å². The van der Waals surface area contributed by atoms with Gasteiger partial charge in [-0.25, -0.2) is 0 Å². The molecule has 1 saturated carbocycles. The second kappa shape index (κ2) is 4.96. The van der Waals surface area contributed by atoms with Crippen LogP contribution in [0.4, 0.5) is 0 Å². The van der Waals surface area contributed by atoms with Crippen molar-refractivity contribution in [2.24, 2.45) is 5.92 Å². The van der Waals surface area contributed by atoms with Gasteiger partial charge in [0.15, 0.2) is 0 Å². The van der Waals surface area contributed by atoms with Gasteiger partial charge in [-0.3, -0.25) is 0 Å². The summed E-state index contributed by atoms with van der Waals surface area (Å²) in [6, 6.07) is 0. The van der Waals surface area contributed by atoms with Crippen molar-refractivity contribution in [1.29, 1.82) is 0 Å². The van der Waals surface area contributed by atoms with E-state index in [1.54, 1.807) is 0 Å². The lowest BCUT2D eigenvalue weighted by atomic mass is 9.80. The first-order valence-electron chi connectivity index (χ1n) is 5.32. The molecule has 1 nitrogen and oxygen atoms in total. The summed E-state index contributed by atoms with van der Waals surface area (Å²) in [5.41, 5.74) is 0.210. The molecule has 0 spiro atoms. The van der Waals surface area contributed by atoms with Crippen molar-refractivity contribution in [2.75, 3.05) is 4.43 Å². The first kappa shape index (κ1) is 11.8. The van der Waals surface area contributed by atoms with Gasteiger partial charge in [-0.1, -0.05) is 29.5 Å². The Bertz CT molecular complexity index is 148. The fourth-order valence-corrected chi connectivity index (χ4v) is 3.01.